The summed E-state index contributed by atoms with van der Waals surface area (Å²) >= 11 is 0. The van der Waals surface area contributed by atoms with E-state index in [1.807, 2.05) is 25.9 Å². The summed E-state index contributed by atoms with van der Waals surface area (Å²) in [6.07, 6.45) is 0.362. The minimum Gasteiger partial charge on any atom is -0.388 e. The molecule has 166 valence electrons. The molecule has 1 fully saturated rings. The van der Waals surface area contributed by atoms with Gasteiger partial charge in [-0.05, 0) is 39.6 Å². The minimum atomic E-state index is -0.862. The molecular weight excluding hydrogens is 396 g/mol. The summed E-state index contributed by atoms with van der Waals surface area (Å²) in [7, 11) is 5.61. The summed E-state index contributed by atoms with van der Waals surface area (Å²) in [5.41, 5.74) is 2.34. The van der Waals surface area contributed by atoms with Gasteiger partial charge in [-0.1, -0.05) is 12.6 Å². The average Bonchev–Trinajstić information content (AvgIpc) is 3.00. The minimum absolute atomic E-state index is 0.0103. The van der Waals surface area contributed by atoms with Gasteiger partial charge in [0.2, 0.25) is 5.91 Å². The molecule has 3 N–H and O–H groups in total. The van der Waals surface area contributed by atoms with Crippen LogP contribution in [0.1, 0.15) is 35.7 Å². The molecule has 1 aromatic rings. The van der Waals surface area contributed by atoms with E-state index in [0.717, 1.165) is 5.70 Å². The highest BCUT2D eigenvalue weighted by Crippen LogP contribution is 2.33. The zero-order valence-corrected chi connectivity index (χ0v) is 18.5. The number of piperidine rings is 1. The van der Waals surface area contributed by atoms with Gasteiger partial charge in [0.15, 0.2) is 0 Å². The third-order valence-electron chi connectivity index (χ3n) is 6.02. The van der Waals surface area contributed by atoms with Crippen molar-refractivity contribution in [3.63, 3.8) is 0 Å². The largest absolute Gasteiger partial charge is 0.388 e. The fourth-order valence-electron chi connectivity index (χ4n) is 3.93. The van der Waals surface area contributed by atoms with Crippen LogP contribution in [0.15, 0.2) is 30.5 Å². The topological polar surface area (TPSA) is 109 Å². The second kappa shape index (κ2) is 8.89. The van der Waals surface area contributed by atoms with E-state index in [2.05, 4.69) is 17.2 Å². The highest BCUT2D eigenvalue weighted by molar-refractivity contribution is 6.26. The van der Waals surface area contributed by atoms with E-state index >= 15 is 0 Å². The third-order valence-corrected chi connectivity index (χ3v) is 6.02. The number of imide groups is 1. The normalized spacial score (nSPS) is 19.7. The first-order valence-electron chi connectivity index (χ1n) is 10.4. The van der Waals surface area contributed by atoms with Crippen molar-refractivity contribution in [2.24, 2.45) is 0 Å². The van der Waals surface area contributed by atoms with Gasteiger partial charge in [-0.3, -0.25) is 29.6 Å². The standard InChI is InChI=1S/C22H30N6O3/c1-13(14(2)26(4)5)25-11-12-27-18(29)10-9-17(22(27)31)28-20(23)19-15(21(28)30)7-6-8-16(19)24-3/h6-8,14,17,23-25H,1,9-12H2,2-5H3/t14-,17?/m0/s1. The predicted octanol–water partition coefficient (Wildman–Crippen LogP) is 1.08. The molecule has 9 heteroatoms. The molecule has 3 rings (SSSR count). The molecule has 0 aromatic heterocycles. The van der Waals surface area contributed by atoms with Crippen LogP contribution in [-0.2, 0) is 9.59 Å². The molecule has 0 spiro atoms. The zero-order valence-electron chi connectivity index (χ0n) is 18.5. The lowest BCUT2D eigenvalue weighted by Gasteiger charge is -2.35. The molecule has 2 heterocycles. The van der Waals surface area contributed by atoms with Gasteiger partial charge in [0.05, 0.1) is 11.1 Å². The predicted molar refractivity (Wildman–Crippen MR) is 119 cm³/mol. The van der Waals surface area contributed by atoms with Gasteiger partial charge in [0, 0.05) is 44.0 Å². The maximum atomic E-state index is 13.2. The number of carbonyl (C=O) groups excluding carboxylic acids is 3. The van der Waals surface area contributed by atoms with Crippen molar-refractivity contribution in [3.8, 4) is 0 Å². The van der Waals surface area contributed by atoms with Crippen molar-refractivity contribution in [1.82, 2.24) is 20.0 Å². The molecule has 0 bridgehead atoms. The third kappa shape index (κ3) is 4.05. The Morgan fingerprint density at radius 1 is 1.32 bits per heavy atom. The molecule has 2 aliphatic heterocycles. The lowest BCUT2D eigenvalue weighted by molar-refractivity contribution is -0.151. The van der Waals surface area contributed by atoms with Gasteiger partial charge in [0.1, 0.15) is 11.9 Å². The second-order valence-corrected chi connectivity index (χ2v) is 8.03. The van der Waals surface area contributed by atoms with Crippen molar-refractivity contribution in [2.45, 2.75) is 31.8 Å². The van der Waals surface area contributed by atoms with E-state index in [1.54, 1.807) is 25.2 Å². The van der Waals surface area contributed by atoms with Gasteiger partial charge in [-0.15, -0.1) is 0 Å². The number of likely N-dealkylation sites (tertiary alicyclic amines) is 1. The Morgan fingerprint density at radius 2 is 2.03 bits per heavy atom. The van der Waals surface area contributed by atoms with Crippen LogP contribution in [0, 0.1) is 5.41 Å². The Balaban J connectivity index is 1.73. The van der Waals surface area contributed by atoms with Crippen molar-refractivity contribution in [1.29, 1.82) is 5.41 Å². The van der Waals surface area contributed by atoms with Gasteiger partial charge in [0.25, 0.3) is 11.8 Å². The Kier molecular flexibility index (Phi) is 6.45. The number of amidine groups is 1. The first-order chi connectivity index (χ1) is 14.7. The maximum absolute atomic E-state index is 13.2. The van der Waals surface area contributed by atoms with Crippen molar-refractivity contribution >= 4 is 29.2 Å². The summed E-state index contributed by atoms with van der Waals surface area (Å²) in [5.74, 6) is -1.10. The molecule has 2 aliphatic rings. The van der Waals surface area contributed by atoms with E-state index in [0.29, 0.717) is 23.4 Å². The van der Waals surface area contributed by atoms with Gasteiger partial charge >= 0.3 is 0 Å². The average molecular weight is 427 g/mol. The lowest BCUT2D eigenvalue weighted by Crippen LogP contribution is -2.57. The van der Waals surface area contributed by atoms with Crippen molar-refractivity contribution in [2.75, 3.05) is 39.5 Å². The monoisotopic (exact) mass is 426 g/mol. The molecule has 0 radical (unpaired) electrons. The molecule has 31 heavy (non-hydrogen) atoms. The van der Waals surface area contributed by atoms with E-state index in [4.69, 9.17) is 5.41 Å². The number of nitrogens with zero attached hydrogens (tertiary/aromatic N) is 3. The Labute approximate surface area is 182 Å². The summed E-state index contributed by atoms with van der Waals surface area (Å²) in [5, 5.41) is 14.7. The molecule has 1 saturated heterocycles. The van der Waals surface area contributed by atoms with E-state index < -0.39 is 11.9 Å². The number of anilines is 1. The van der Waals surface area contributed by atoms with E-state index in [-0.39, 0.29) is 43.1 Å². The first kappa shape index (κ1) is 22.5. The van der Waals surface area contributed by atoms with Crippen LogP contribution in [0.25, 0.3) is 0 Å². The smallest absolute Gasteiger partial charge is 0.261 e. The fraction of sp³-hybridized carbons (Fsp3) is 0.455. The molecule has 0 aliphatic carbocycles. The summed E-state index contributed by atoms with van der Waals surface area (Å²) in [6, 6.07) is 4.42. The number of rotatable bonds is 8. The quantitative estimate of drug-likeness (QED) is 0.537. The highest BCUT2D eigenvalue weighted by Gasteiger charge is 2.45. The van der Waals surface area contributed by atoms with E-state index in [9.17, 15) is 14.4 Å². The molecule has 1 unspecified atom stereocenters. The van der Waals surface area contributed by atoms with Crippen LogP contribution < -0.4 is 10.6 Å². The van der Waals surface area contributed by atoms with Crippen LogP contribution >= 0.6 is 0 Å². The van der Waals surface area contributed by atoms with Crippen LogP contribution in [0.4, 0.5) is 5.69 Å². The van der Waals surface area contributed by atoms with Crippen LogP contribution in [0.3, 0.4) is 0 Å². The van der Waals surface area contributed by atoms with Crippen molar-refractivity contribution < 1.29 is 14.4 Å². The van der Waals surface area contributed by atoms with Crippen LogP contribution in [0.2, 0.25) is 0 Å². The lowest BCUT2D eigenvalue weighted by atomic mass is 10.0. The van der Waals surface area contributed by atoms with Crippen molar-refractivity contribution in [3.05, 3.63) is 41.6 Å². The number of hydrogen-bond donors (Lipinski definition) is 3. The fourth-order valence-corrected chi connectivity index (χ4v) is 3.93. The molecular formula is C22H30N6O3. The SMILES string of the molecule is C=C(NCCN1C(=O)CCC(N2C(=N)c3c(NC)cccc3C2=O)C1=O)[C@H](C)N(C)C. The number of hydrogen-bond acceptors (Lipinski definition) is 7. The zero-order chi connectivity index (χ0) is 22.9. The Hall–Kier alpha value is -3.20. The van der Waals surface area contributed by atoms with Crippen LogP contribution in [-0.4, -0.2) is 84.6 Å². The summed E-state index contributed by atoms with van der Waals surface area (Å²) < 4.78 is 0. The molecule has 3 amide bonds. The number of likely N-dealkylation sites (N-methyl/N-ethyl adjacent to an activating group) is 1. The molecule has 1 aromatic carbocycles. The van der Waals surface area contributed by atoms with E-state index in [1.165, 1.54) is 9.80 Å². The van der Waals surface area contributed by atoms with Gasteiger partial charge < -0.3 is 15.5 Å². The summed E-state index contributed by atoms with van der Waals surface area (Å²) in [6.45, 7) is 6.56. The van der Waals surface area contributed by atoms with Gasteiger partial charge in [-0.2, -0.15) is 0 Å². The molecule has 2 atom stereocenters. The van der Waals surface area contributed by atoms with Crippen LogP contribution in [0.5, 0.6) is 0 Å². The molecule has 0 saturated carbocycles. The number of nitrogens with one attached hydrogen (secondary N) is 3. The number of amides is 3. The number of carbonyl (C=O) groups is 3. The Bertz CT molecular complexity index is 941. The van der Waals surface area contributed by atoms with Gasteiger partial charge in [-0.25, -0.2) is 0 Å². The molecule has 9 nitrogen and oxygen atoms in total. The Morgan fingerprint density at radius 3 is 2.68 bits per heavy atom. The second-order valence-electron chi connectivity index (χ2n) is 8.03. The number of benzene rings is 1. The number of fused-ring (bicyclic) bond motifs is 1. The first-order valence-corrected chi connectivity index (χ1v) is 10.4. The summed E-state index contributed by atoms with van der Waals surface area (Å²) in [4.78, 5) is 43.1. The highest BCUT2D eigenvalue weighted by atomic mass is 16.2. The maximum Gasteiger partial charge on any atom is 0.261 e.